The van der Waals surface area contributed by atoms with Gasteiger partial charge in [0.25, 0.3) is 0 Å². The van der Waals surface area contributed by atoms with Crippen molar-refractivity contribution in [1.82, 2.24) is 0 Å². The van der Waals surface area contributed by atoms with E-state index in [0.717, 1.165) is 12.8 Å². The summed E-state index contributed by atoms with van der Waals surface area (Å²) in [5.74, 6) is 0. The van der Waals surface area contributed by atoms with E-state index < -0.39 is 26.6 Å². The van der Waals surface area contributed by atoms with E-state index in [1.165, 1.54) is 0 Å². The quantitative estimate of drug-likeness (QED) is 0.332. The minimum absolute atomic E-state index is 0. The fourth-order valence-electron chi connectivity index (χ4n) is 2.54. The number of likely N-dealkylation sites (tertiary alicyclic amines) is 1. The van der Waals surface area contributed by atoms with Crippen LogP contribution in [0.5, 0.6) is 0 Å². The van der Waals surface area contributed by atoms with Gasteiger partial charge in [0.05, 0.1) is 20.6 Å². The van der Waals surface area contributed by atoms with Crippen molar-refractivity contribution in [3.8, 4) is 0 Å². The van der Waals surface area contributed by atoms with Crippen molar-refractivity contribution < 1.29 is 45.6 Å². The maximum atomic E-state index is 11.4. The Morgan fingerprint density at radius 2 is 1.50 bits per heavy atom. The van der Waals surface area contributed by atoms with Gasteiger partial charge in [-0.1, -0.05) is 0 Å². The zero-order valence-corrected chi connectivity index (χ0v) is 12.9. The predicted octanol–water partition coefficient (Wildman–Crippen LogP) is -2.70. The van der Waals surface area contributed by atoms with Gasteiger partial charge in [-0.25, -0.2) is 0 Å². The first-order valence-electron chi connectivity index (χ1n) is 5.39. The molecule has 18 heavy (non-hydrogen) atoms. The first-order chi connectivity index (χ1) is 7.46. The highest BCUT2D eigenvalue weighted by atomic mass is 35.5. The second-order valence-electron chi connectivity index (χ2n) is 5.16. The summed E-state index contributed by atoms with van der Waals surface area (Å²) in [5, 5.41) is -1.88. The fourth-order valence-corrected chi connectivity index (χ4v) is 6.03. The van der Waals surface area contributed by atoms with Gasteiger partial charge in [0.2, 0.25) is 5.40 Å². The molecular formula is C8H20ClNO6P2. The van der Waals surface area contributed by atoms with Gasteiger partial charge in [-0.05, 0) is 12.8 Å². The molecule has 0 aromatic rings. The van der Waals surface area contributed by atoms with Crippen LogP contribution in [0.4, 0.5) is 0 Å². The van der Waals surface area contributed by atoms with Gasteiger partial charge in [-0.2, -0.15) is 0 Å². The lowest BCUT2D eigenvalue weighted by atomic mass is 10.0. The molecule has 1 saturated heterocycles. The second kappa shape index (κ2) is 5.90. The van der Waals surface area contributed by atoms with E-state index in [1.807, 2.05) is 0 Å². The molecule has 0 bridgehead atoms. The van der Waals surface area contributed by atoms with Crippen LogP contribution in [-0.2, 0) is 9.13 Å². The highest BCUT2D eigenvalue weighted by molar-refractivity contribution is 7.71. The molecule has 1 atom stereocenters. The van der Waals surface area contributed by atoms with Gasteiger partial charge in [0.15, 0.2) is 0 Å². The monoisotopic (exact) mass is 323 g/mol. The van der Waals surface area contributed by atoms with E-state index >= 15 is 0 Å². The Morgan fingerprint density at radius 3 is 1.83 bits per heavy atom. The number of hydrogen-bond donors (Lipinski definition) is 4. The fraction of sp³-hybridized carbons (Fsp3) is 1.00. The molecule has 1 heterocycles. The summed E-state index contributed by atoms with van der Waals surface area (Å²) in [6, 6.07) is -0.703. The van der Waals surface area contributed by atoms with Crippen LogP contribution >= 0.6 is 15.2 Å². The van der Waals surface area contributed by atoms with Crippen LogP contribution in [0, 0.1) is 0 Å². The van der Waals surface area contributed by atoms with Crippen molar-refractivity contribution in [3.63, 3.8) is 0 Å². The number of halogens is 1. The predicted molar refractivity (Wildman–Crippen MR) is 62.5 cm³/mol. The van der Waals surface area contributed by atoms with E-state index in [1.54, 1.807) is 14.1 Å². The summed E-state index contributed by atoms with van der Waals surface area (Å²) < 4.78 is 23.0. The molecule has 110 valence electrons. The lowest BCUT2D eigenvalue weighted by molar-refractivity contribution is -0.918. The highest BCUT2D eigenvalue weighted by Crippen LogP contribution is 2.63. The number of nitrogens with zero attached hydrogens (tertiary/aromatic N) is 1. The van der Waals surface area contributed by atoms with Crippen molar-refractivity contribution in [1.29, 1.82) is 0 Å². The zero-order valence-electron chi connectivity index (χ0n) is 10.3. The van der Waals surface area contributed by atoms with E-state index in [0.29, 0.717) is 13.0 Å². The van der Waals surface area contributed by atoms with E-state index in [-0.39, 0.29) is 16.9 Å². The Morgan fingerprint density at radius 1 is 1.06 bits per heavy atom. The van der Waals surface area contributed by atoms with Crippen LogP contribution in [0.1, 0.15) is 19.3 Å². The molecule has 10 heteroatoms. The molecular weight excluding hydrogens is 303 g/mol. The topological polar surface area (TPSA) is 115 Å². The molecule has 0 saturated carbocycles. The van der Waals surface area contributed by atoms with Gasteiger partial charge in [-0.3, -0.25) is 9.13 Å². The normalized spacial score (nSPS) is 24.7. The largest absolute Gasteiger partial charge is 1.00 e. The molecule has 0 aromatic heterocycles. The Kier molecular flexibility index (Phi) is 6.08. The summed E-state index contributed by atoms with van der Waals surface area (Å²) in [4.78, 5) is 36.8. The minimum Gasteiger partial charge on any atom is -1.00 e. The van der Waals surface area contributed by atoms with Crippen LogP contribution in [0.25, 0.3) is 0 Å². The average molecular weight is 324 g/mol. The highest BCUT2D eigenvalue weighted by Gasteiger charge is 2.55. The Labute approximate surface area is 113 Å². The molecule has 0 spiro atoms. The van der Waals surface area contributed by atoms with E-state index in [9.17, 15) is 28.7 Å². The molecule has 0 radical (unpaired) electrons. The molecule has 1 aliphatic rings. The maximum Gasteiger partial charge on any atom is 0.346 e. The Hall–Kier alpha value is 0.550. The van der Waals surface area contributed by atoms with Crippen molar-refractivity contribution in [3.05, 3.63) is 0 Å². The SMILES string of the molecule is C[N+]1(C)CCCCC1C(P(=O)(O)O)P(=O)(O)O.[Cl-]. The molecule has 7 nitrogen and oxygen atoms in total. The standard InChI is InChI=1S/C8H19NO6P2.ClH/c1-9(2)6-4-3-5-7(9)8(16(10,11)12)17(13,14)15;/h7-8H,3-6H2,1-2H3,(H3-,10,11,12,13,14,15);1H. The summed E-state index contributed by atoms with van der Waals surface area (Å²) in [6.45, 7) is 0.668. The summed E-state index contributed by atoms with van der Waals surface area (Å²) in [5.41, 5.74) is 0. The lowest BCUT2D eigenvalue weighted by Crippen LogP contribution is -3.00. The van der Waals surface area contributed by atoms with Gasteiger partial charge in [0, 0.05) is 6.42 Å². The lowest BCUT2D eigenvalue weighted by Gasteiger charge is -2.44. The number of piperidine rings is 1. The third-order valence-corrected chi connectivity index (χ3v) is 7.29. The zero-order chi connectivity index (χ0) is 13.5. The molecule has 1 fully saturated rings. The molecule has 4 N–H and O–H groups in total. The Bertz CT molecular complexity index is 356. The summed E-state index contributed by atoms with van der Waals surface area (Å²) in [7, 11) is -6.14. The first-order valence-corrected chi connectivity index (χ1v) is 8.76. The van der Waals surface area contributed by atoms with Gasteiger partial charge in [-0.15, -0.1) is 0 Å². The third kappa shape index (κ3) is 4.29. The minimum atomic E-state index is -4.82. The van der Waals surface area contributed by atoms with Crippen molar-refractivity contribution >= 4 is 15.2 Å². The summed E-state index contributed by atoms with van der Waals surface area (Å²) >= 11 is 0. The molecule has 1 rings (SSSR count). The first kappa shape index (κ1) is 18.6. The Balaban J connectivity index is 0.00000289. The van der Waals surface area contributed by atoms with Crippen LogP contribution in [0.2, 0.25) is 0 Å². The van der Waals surface area contributed by atoms with Crippen LogP contribution < -0.4 is 12.4 Å². The van der Waals surface area contributed by atoms with Crippen LogP contribution in [0.3, 0.4) is 0 Å². The number of quaternary nitrogens is 1. The van der Waals surface area contributed by atoms with Gasteiger partial charge < -0.3 is 36.5 Å². The van der Waals surface area contributed by atoms with Crippen LogP contribution in [0.15, 0.2) is 0 Å². The van der Waals surface area contributed by atoms with Crippen molar-refractivity contribution in [2.45, 2.75) is 30.7 Å². The number of hydrogen-bond acceptors (Lipinski definition) is 2. The van der Waals surface area contributed by atoms with Crippen LogP contribution in [-0.4, -0.2) is 56.1 Å². The number of rotatable bonds is 3. The van der Waals surface area contributed by atoms with Gasteiger partial charge >= 0.3 is 15.2 Å². The second-order valence-corrected chi connectivity index (χ2v) is 9.03. The molecule has 1 aliphatic heterocycles. The van der Waals surface area contributed by atoms with Crippen molar-refractivity contribution in [2.24, 2.45) is 0 Å². The maximum absolute atomic E-state index is 11.4. The molecule has 0 amide bonds. The van der Waals surface area contributed by atoms with E-state index in [2.05, 4.69) is 0 Å². The smallest absolute Gasteiger partial charge is 0.346 e. The molecule has 0 aromatic carbocycles. The molecule has 1 unspecified atom stereocenters. The van der Waals surface area contributed by atoms with Gasteiger partial charge in [0.1, 0.15) is 6.04 Å². The van der Waals surface area contributed by atoms with Crippen molar-refractivity contribution in [2.75, 3.05) is 20.6 Å². The third-order valence-electron chi connectivity index (χ3n) is 3.42. The van der Waals surface area contributed by atoms with E-state index in [4.69, 9.17) is 0 Å². The average Bonchev–Trinajstić information content (AvgIpc) is 2.03. The molecule has 0 aliphatic carbocycles. The summed E-state index contributed by atoms with van der Waals surface area (Å²) in [6.07, 6.45) is 2.06.